The maximum Gasteiger partial charge on any atom is 0.335 e. The summed E-state index contributed by atoms with van der Waals surface area (Å²) in [5.74, 6) is 2.14. The van der Waals surface area contributed by atoms with E-state index in [2.05, 4.69) is 20.4 Å². The second kappa shape index (κ2) is 3.08. The van der Waals surface area contributed by atoms with Crippen molar-refractivity contribution in [1.29, 1.82) is 0 Å². The molecular weight excluding hydrogens is 194 g/mol. The Kier molecular flexibility index (Phi) is 1.74. The Morgan fingerprint density at radius 3 is 3.13 bits per heavy atom. The minimum absolute atomic E-state index is 0.471. The van der Waals surface area contributed by atoms with Gasteiger partial charge in [-0.15, -0.1) is 0 Å². The Morgan fingerprint density at radius 2 is 2.40 bits per heavy atom. The second-order valence-corrected chi connectivity index (χ2v) is 3.61. The largest absolute Gasteiger partial charge is 0.373 e. The van der Waals surface area contributed by atoms with Gasteiger partial charge < -0.3 is 9.84 Å². The van der Waals surface area contributed by atoms with Crippen molar-refractivity contribution >= 4 is 5.82 Å². The minimum atomic E-state index is 0.471. The first kappa shape index (κ1) is 8.46. The fourth-order valence-corrected chi connectivity index (χ4v) is 1.46. The lowest BCUT2D eigenvalue weighted by Crippen LogP contribution is -1.99. The number of nitrogens with zero attached hydrogens (tertiary/aromatic N) is 4. The van der Waals surface area contributed by atoms with Gasteiger partial charge in [0.2, 0.25) is 0 Å². The molecule has 1 fully saturated rings. The van der Waals surface area contributed by atoms with Gasteiger partial charge in [0, 0.05) is 13.0 Å². The van der Waals surface area contributed by atoms with Crippen molar-refractivity contribution in [2.75, 3.05) is 12.4 Å². The highest BCUT2D eigenvalue weighted by Crippen LogP contribution is 2.38. The third kappa shape index (κ3) is 1.38. The summed E-state index contributed by atoms with van der Waals surface area (Å²) in [6.07, 6.45) is 5.70. The highest BCUT2D eigenvalue weighted by molar-refractivity contribution is 5.37. The zero-order valence-corrected chi connectivity index (χ0v) is 8.34. The molecule has 1 N–H and O–H groups in total. The van der Waals surface area contributed by atoms with Crippen LogP contribution in [0.15, 0.2) is 17.0 Å². The number of hydrogen-bond donors (Lipinski definition) is 1. The highest BCUT2D eigenvalue weighted by atomic mass is 16.5. The van der Waals surface area contributed by atoms with Gasteiger partial charge in [-0.3, -0.25) is 0 Å². The number of nitrogens with one attached hydrogen (secondary N) is 1. The van der Waals surface area contributed by atoms with Gasteiger partial charge in [-0.2, -0.15) is 4.98 Å². The van der Waals surface area contributed by atoms with Gasteiger partial charge in [0.15, 0.2) is 5.82 Å². The molecule has 0 unspecified atom stereocenters. The number of imidazole rings is 1. The van der Waals surface area contributed by atoms with E-state index in [4.69, 9.17) is 4.52 Å². The first-order chi connectivity index (χ1) is 7.38. The molecule has 0 radical (unpaired) electrons. The molecule has 1 aliphatic rings. The molecule has 0 amide bonds. The third-order valence-corrected chi connectivity index (χ3v) is 2.47. The van der Waals surface area contributed by atoms with Crippen LogP contribution in [0.25, 0.3) is 6.01 Å². The topological polar surface area (TPSA) is 68.8 Å². The van der Waals surface area contributed by atoms with Crippen LogP contribution in [0, 0.1) is 0 Å². The van der Waals surface area contributed by atoms with Crippen LogP contribution in [-0.4, -0.2) is 26.7 Å². The van der Waals surface area contributed by atoms with E-state index in [0.29, 0.717) is 11.9 Å². The average molecular weight is 205 g/mol. The van der Waals surface area contributed by atoms with Gasteiger partial charge in [-0.05, 0) is 12.8 Å². The predicted octanol–water partition coefficient (Wildman–Crippen LogP) is 1.17. The number of aromatic nitrogens is 4. The third-order valence-electron chi connectivity index (χ3n) is 2.47. The van der Waals surface area contributed by atoms with Gasteiger partial charge in [-0.1, -0.05) is 5.16 Å². The molecule has 78 valence electrons. The van der Waals surface area contributed by atoms with E-state index in [1.165, 1.54) is 12.8 Å². The summed E-state index contributed by atoms with van der Waals surface area (Å²) < 4.78 is 6.91. The normalized spacial score (nSPS) is 15.5. The van der Waals surface area contributed by atoms with Crippen LogP contribution in [0.1, 0.15) is 24.6 Å². The summed E-state index contributed by atoms with van der Waals surface area (Å²) in [6, 6.07) is 0.471. The first-order valence-electron chi connectivity index (χ1n) is 4.92. The van der Waals surface area contributed by atoms with Crippen molar-refractivity contribution in [2.24, 2.45) is 0 Å². The van der Waals surface area contributed by atoms with Crippen molar-refractivity contribution < 1.29 is 4.52 Å². The van der Waals surface area contributed by atoms with Crippen molar-refractivity contribution in [3.63, 3.8) is 0 Å². The minimum Gasteiger partial charge on any atom is -0.373 e. The highest BCUT2D eigenvalue weighted by Gasteiger charge is 2.29. The van der Waals surface area contributed by atoms with E-state index >= 15 is 0 Å². The molecule has 3 rings (SSSR count). The smallest absolute Gasteiger partial charge is 0.335 e. The molecule has 2 heterocycles. The molecule has 2 aromatic heterocycles. The molecule has 1 saturated carbocycles. The Labute approximate surface area is 86.3 Å². The molecule has 6 nitrogen and oxygen atoms in total. The van der Waals surface area contributed by atoms with E-state index in [0.717, 1.165) is 11.6 Å². The Balaban J connectivity index is 1.97. The molecule has 15 heavy (non-hydrogen) atoms. The zero-order chi connectivity index (χ0) is 10.3. The van der Waals surface area contributed by atoms with E-state index in [-0.39, 0.29) is 0 Å². The van der Waals surface area contributed by atoms with Crippen LogP contribution in [-0.2, 0) is 0 Å². The number of anilines is 1. The Hall–Kier alpha value is -1.85. The molecule has 0 saturated heterocycles. The van der Waals surface area contributed by atoms with E-state index in [1.54, 1.807) is 17.1 Å². The van der Waals surface area contributed by atoms with E-state index in [1.807, 2.05) is 7.05 Å². The van der Waals surface area contributed by atoms with Crippen LogP contribution in [0.2, 0.25) is 0 Å². The van der Waals surface area contributed by atoms with Crippen molar-refractivity contribution in [3.05, 3.63) is 18.3 Å². The molecule has 0 atom stereocenters. The van der Waals surface area contributed by atoms with Crippen LogP contribution >= 0.6 is 0 Å². The lowest BCUT2D eigenvalue weighted by molar-refractivity contribution is 0.397. The summed E-state index contributed by atoms with van der Waals surface area (Å²) in [7, 11) is 1.83. The van der Waals surface area contributed by atoms with Gasteiger partial charge >= 0.3 is 6.01 Å². The standard InChI is InChI=1S/C9H11N5O/c1-10-7-4-11-5-14(7)9-12-8(13-15-9)6-2-3-6/h4-6,10H,2-3H2,1H3. The monoisotopic (exact) mass is 205 g/mol. The summed E-state index contributed by atoms with van der Waals surface area (Å²) >= 11 is 0. The lowest BCUT2D eigenvalue weighted by atomic mass is 10.4. The molecule has 6 heteroatoms. The summed E-state index contributed by atoms with van der Waals surface area (Å²) in [6.45, 7) is 0. The molecular formula is C9H11N5O. The van der Waals surface area contributed by atoms with Crippen LogP contribution in [0.3, 0.4) is 0 Å². The maximum absolute atomic E-state index is 5.17. The van der Waals surface area contributed by atoms with Gasteiger partial charge in [0.05, 0.1) is 6.20 Å². The zero-order valence-electron chi connectivity index (χ0n) is 8.34. The van der Waals surface area contributed by atoms with Gasteiger partial charge in [0.25, 0.3) is 0 Å². The van der Waals surface area contributed by atoms with Gasteiger partial charge in [-0.25, -0.2) is 9.55 Å². The maximum atomic E-state index is 5.17. The van der Waals surface area contributed by atoms with Crippen LogP contribution in [0.4, 0.5) is 5.82 Å². The molecule has 0 spiro atoms. The Bertz CT molecular complexity index is 470. The second-order valence-electron chi connectivity index (χ2n) is 3.61. The molecule has 2 aromatic rings. The van der Waals surface area contributed by atoms with Crippen molar-refractivity contribution in [2.45, 2.75) is 18.8 Å². The quantitative estimate of drug-likeness (QED) is 0.814. The fraction of sp³-hybridized carbons (Fsp3) is 0.444. The van der Waals surface area contributed by atoms with E-state index < -0.39 is 0 Å². The van der Waals surface area contributed by atoms with Crippen molar-refractivity contribution in [1.82, 2.24) is 19.7 Å². The molecule has 0 bridgehead atoms. The summed E-state index contributed by atoms with van der Waals surface area (Å²) in [5.41, 5.74) is 0. The lowest BCUT2D eigenvalue weighted by Gasteiger charge is -1.99. The van der Waals surface area contributed by atoms with Crippen molar-refractivity contribution in [3.8, 4) is 6.01 Å². The fourth-order valence-electron chi connectivity index (χ4n) is 1.46. The summed E-state index contributed by atoms with van der Waals surface area (Å²) in [5, 5.41) is 6.95. The Morgan fingerprint density at radius 1 is 1.53 bits per heavy atom. The molecule has 0 aliphatic heterocycles. The van der Waals surface area contributed by atoms with E-state index in [9.17, 15) is 0 Å². The summed E-state index contributed by atoms with van der Waals surface area (Å²) in [4.78, 5) is 8.34. The van der Waals surface area contributed by atoms with Gasteiger partial charge in [0.1, 0.15) is 12.1 Å². The SMILES string of the molecule is CNc1cncn1-c1nc(C2CC2)no1. The van der Waals surface area contributed by atoms with Crippen LogP contribution in [0.5, 0.6) is 0 Å². The molecule has 0 aromatic carbocycles. The predicted molar refractivity (Wildman–Crippen MR) is 52.9 cm³/mol. The number of rotatable bonds is 3. The number of hydrogen-bond acceptors (Lipinski definition) is 5. The molecule has 1 aliphatic carbocycles. The first-order valence-corrected chi connectivity index (χ1v) is 4.92. The van der Waals surface area contributed by atoms with Crippen LogP contribution < -0.4 is 5.32 Å². The average Bonchev–Trinajstić information content (AvgIpc) is 2.83.